The summed E-state index contributed by atoms with van der Waals surface area (Å²) in [6, 6.07) is 15.1. The Morgan fingerprint density at radius 1 is 1.16 bits per heavy atom. The van der Waals surface area contributed by atoms with Crippen molar-refractivity contribution < 1.29 is 0 Å². The summed E-state index contributed by atoms with van der Waals surface area (Å²) in [5, 5.41) is 8.88. The molecule has 0 unspecified atom stereocenters. The number of nitrogens with one attached hydrogen (secondary N) is 1. The molecule has 3 nitrogen and oxygen atoms in total. The van der Waals surface area contributed by atoms with E-state index in [0.717, 1.165) is 24.2 Å². The third kappa shape index (κ3) is 3.32. The molecule has 0 spiro atoms. The van der Waals surface area contributed by atoms with E-state index in [4.69, 9.17) is 5.41 Å². The first kappa shape index (κ1) is 17.3. The van der Waals surface area contributed by atoms with Crippen LogP contribution in [0.25, 0.3) is 6.08 Å². The Bertz CT molecular complexity index is 805. The molecule has 0 fully saturated rings. The molecule has 0 aromatic heterocycles. The predicted octanol–water partition coefficient (Wildman–Crippen LogP) is 5.10. The number of hydrogen-bond acceptors (Lipinski definition) is 1. The highest BCUT2D eigenvalue weighted by molar-refractivity contribution is 6.06. The number of rotatable bonds is 4. The van der Waals surface area contributed by atoms with Crippen LogP contribution in [0.1, 0.15) is 37.5 Å². The maximum atomic E-state index is 8.88. The van der Waals surface area contributed by atoms with E-state index >= 15 is 0 Å². The molecular weight excluding hydrogens is 306 g/mol. The minimum Gasteiger partial charge on any atom is -0.315 e. The Hall–Kier alpha value is -2.55. The third-order valence-corrected chi connectivity index (χ3v) is 4.82. The van der Waals surface area contributed by atoms with Crippen LogP contribution >= 0.6 is 0 Å². The van der Waals surface area contributed by atoms with Gasteiger partial charge in [0.1, 0.15) is 0 Å². The van der Waals surface area contributed by atoms with Gasteiger partial charge in [0.2, 0.25) is 5.96 Å². The normalized spacial score (nSPS) is 12.4. The summed E-state index contributed by atoms with van der Waals surface area (Å²) in [6.07, 6.45) is 6.35. The number of benzene rings is 2. The van der Waals surface area contributed by atoms with Crippen LogP contribution in [-0.2, 0) is 12.8 Å². The fourth-order valence-corrected chi connectivity index (χ4v) is 3.43. The molecule has 0 heterocycles. The topological polar surface area (TPSA) is 30.3 Å². The van der Waals surface area contributed by atoms with Crippen molar-refractivity contribution in [2.45, 2.75) is 39.7 Å². The molecule has 1 aliphatic rings. The molecule has 130 valence electrons. The Morgan fingerprint density at radius 3 is 2.64 bits per heavy atom. The van der Waals surface area contributed by atoms with Crippen molar-refractivity contribution in [2.75, 3.05) is 16.8 Å². The molecule has 3 heteroatoms. The minimum atomic E-state index is 0.203. The SMILES string of the molecule is CCc1cccc(N(C(=N)N(C)c2cccc3c2C=CC3)C(C)C)c1. The van der Waals surface area contributed by atoms with Crippen molar-refractivity contribution in [2.24, 2.45) is 0 Å². The van der Waals surface area contributed by atoms with E-state index in [1.54, 1.807) is 0 Å². The average molecular weight is 333 g/mol. The molecule has 0 bridgehead atoms. The van der Waals surface area contributed by atoms with Gasteiger partial charge in [0, 0.05) is 24.3 Å². The molecule has 2 aromatic carbocycles. The maximum absolute atomic E-state index is 8.88. The zero-order valence-corrected chi connectivity index (χ0v) is 15.6. The molecule has 0 radical (unpaired) electrons. The molecule has 3 rings (SSSR count). The van der Waals surface area contributed by atoms with Crippen LogP contribution < -0.4 is 9.80 Å². The first-order valence-corrected chi connectivity index (χ1v) is 9.01. The van der Waals surface area contributed by atoms with Crippen molar-refractivity contribution in [3.63, 3.8) is 0 Å². The Kier molecular flexibility index (Phi) is 4.93. The van der Waals surface area contributed by atoms with E-state index in [-0.39, 0.29) is 6.04 Å². The van der Waals surface area contributed by atoms with Gasteiger partial charge in [-0.05, 0) is 56.0 Å². The van der Waals surface area contributed by atoms with Crippen molar-refractivity contribution in [3.05, 3.63) is 65.2 Å². The second-order valence-corrected chi connectivity index (χ2v) is 6.83. The van der Waals surface area contributed by atoms with Crippen LogP contribution in [0.4, 0.5) is 11.4 Å². The average Bonchev–Trinajstić information content (AvgIpc) is 3.09. The lowest BCUT2D eigenvalue weighted by Crippen LogP contribution is -2.46. The van der Waals surface area contributed by atoms with Gasteiger partial charge in [-0.25, -0.2) is 0 Å². The molecule has 25 heavy (non-hydrogen) atoms. The number of guanidine groups is 1. The lowest BCUT2D eigenvalue weighted by Gasteiger charge is -2.35. The molecule has 0 atom stereocenters. The number of anilines is 2. The van der Waals surface area contributed by atoms with Crippen LogP contribution in [0.15, 0.2) is 48.5 Å². The Balaban J connectivity index is 1.96. The van der Waals surface area contributed by atoms with E-state index in [1.807, 2.05) is 11.9 Å². The summed E-state index contributed by atoms with van der Waals surface area (Å²) in [7, 11) is 1.99. The van der Waals surface area contributed by atoms with Crippen molar-refractivity contribution in [1.82, 2.24) is 0 Å². The predicted molar refractivity (Wildman–Crippen MR) is 109 cm³/mol. The fourth-order valence-electron chi connectivity index (χ4n) is 3.43. The third-order valence-electron chi connectivity index (χ3n) is 4.82. The van der Waals surface area contributed by atoms with Crippen LogP contribution in [-0.4, -0.2) is 19.0 Å². The molecular formula is C22H27N3. The molecule has 2 aromatic rings. The maximum Gasteiger partial charge on any atom is 0.202 e. The molecule has 0 aliphatic heterocycles. The summed E-state index contributed by atoms with van der Waals surface area (Å²) >= 11 is 0. The van der Waals surface area contributed by atoms with Gasteiger partial charge in [-0.2, -0.15) is 0 Å². The van der Waals surface area contributed by atoms with Gasteiger partial charge < -0.3 is 9.80 Å². The summed E-state index contributed by atoms with van der Waals surface area (Å²) in [5.41, 5.74) is 6.03. The standard InChI is InChI=1S/C22H27N3/c1-5-17-9-6-12-19(15-17)25(16(2)3)22(23)24(4)21-14-8-11-18-10-7-13-20(18)21/h6-9,11-16,23H,5,10H2,1-4H3. The summed E-state index contributed by atoms with van der Waals surface area (Å²) in [5.74, 6) is 0.497. The minimum absolute atomic E-state index is 0.203. The van der Waals surface area contributed by atoms with Gasteiger partial charge in [-0.15, -0.1) is 0 Å². The smallest absolute Gasteiger partial charge is 0.202 e. The highest BCUT2D eigenvalue weighted by Crippen LogP contribution is 2.31. The first-order chi connectivity index (χ1) is 12.0. The van der Waals surface area contributed by atoms with E-state index in [1.165, 1.54) is 16.7 Å². The zero-order chi connectivity index (χ0) is 18.0. The van der Waals surface area contributed by atoms with E-state index in [9.17, 15) is 0 Å². The van der Waals surface area contributed by atoms with Gasteiger partial charge in [0.05, 0.1) is 5.69 Å². The second-order valence-electron chi connectivity index (χ2n) is 6.83. The number of nitrogens with zero attached hydrogens (tertiary/aromatic N) is 2. The summed E-state index contributed by atoms with van der Waals surface area (Å²) < 4.78 is 0. The van der Waals surface area contributed by atoms with Gasteiger partial charge in [-0.3, -0.25) is 5.41 Å². The fraction of sp³-hybridized carbons (Fsp3) is 0.318. The quantitative estimate of drug-likeness (QED) is 0.623. The van der Waals surface area contributed by atoms with E-state index < -0.39 is 0 Å². The van der Waals surface area contributed by atoms with Crippen LogP contribution in [0.5, 0.6) is 0 Å². The number of allylic oxidation sites excluding steroid dienone is 1. The van der Waals surface area contributed by atoms with Crippen LogP contribution in [0.3, 0.4) is 0 Å². The monoisotopic (exact) mass is 333 g/mol. The first-order valence-electron chi connectivity index (χ1n) is 9.01. The van der Waals surface area contributed by atoms with Gasteiger partial charge in [-0.1, -0.05) is 43.3 Å². The van der Waals surface area contributed by atoms with Gasteiger partial charge >= 0.3 is 0 Å². The van der Waals surface area contributed by atoms with Crippen LogP contribution in [0, 0.1) is 5.41 Å². The van der Waals surface area contributed by atoms with Crippen molar-refractivity contribution >= 4 is 23.4 Å². The number of aryl methyl sites for hydroxylation is 1. The van der Waals surface area contributed by atoms with Crippen molar-refractivity contribution in [1.29, 1.82) is 5.41 Å². The number of fused-ring (bicyclic) bond motifs is 1. The molecule has 0 amide bonds. The Labute approximate surface area is 151 Å². The summed E-state index contributed by atoms with van der Waals surface area (Å²) in [4.78, 5) is 4.09. The highest BCUT2D eigenvalue weighted by Gasteiger charge is 2.22. The number of hydrogen-bond donors (Lipinski definition) is 1. The second kappa shape index (κ2) is 7.14. The molecule has 1 aliphatic carbocycles. The van der Waals surface area contributed by atoms with Gasteiger partial charge in [0.25, 0.3) is 0 Å². The van der Waals surface area contributed by atoms with E-state index in [0.29, 0.717) is 5.96 Å². The lowest BCUT2D eigenvalue weighted by molar-refractivity contribution is 0.793. The molecule has 1 N–H and O–H groups in total. The van der Waals surface area contributed by atoms with Crippen molar-refractivity contribution in [3.8, 4) is 0 Å². The molecule has 0 saturated heterocycles. The van der Waals surface area contributed by atoms with Crippen LogP contribution in [0.2, 0.25) is 0 Å². The largest absolute Gasteiger partial charge is 0.315 e. The molecule has 0 saturated carbocycles. The van der Waals surface area contributed by atoms with Gasteiger partial charge in [0.15, 0.2) is 0 Å². The lowest BCUT2D eigenvalue weighted by atomic mass is 10.1. The highest BCUT2D eigenvalue weighted by atomic mass is 15.4. The zero-order valence-electron chi connectivity index (χ0n) is 15.6. The van der Waals surface area contributed by atoms with E-state index in [2.05, 4.69) is 80.3 Å². The Morgan fingerprint density at radius 2 is 1.92 bits per heavy atom. The summed E-state index contributed by atoms with van der Waals surface area (Å²) in [6.45, 7) is 6.43.